The summed E-state index contributed by atoms with van der Waals surface area (Å²) in [5.41, 5.74) is 2.66. The Hall–Kier alpha value is -1.88. The molecule has 0 aliphatic rings. The highest BCUT2D eigenvalue weighted by atomic mass is 32.1. The minimum Gasteiger partial charge on any atom is -0.378 e. The van der Waals surface area contributed by atoms with E-state index in [2.05, 4.69) is 37.1 Å². The molecule has 2 heterocycles. The van der Waals surface area contributed by atoms with Crippen LogP contribution in [0.25, 0.3) is 0 Å². The van der Waals surface area contributed by atoms with Gasteiger partial charge in [-0.25, -0.2) is 0 Å². The zero-order valence-electron chi connectivity index (χ0n) is 13.1. The molecule has 0 saturated heterocycles. The first-order valence-electron chi connectivity index (χ1n) is 6.89. The first-order chi connectivity index (χ1) is 9.88. The van der Waals surface area contributed by atoms with Gasteiger partial charge in [-0.05, 0) is 44.5 Å². The number of aryl methyl sites for hydroxylation is 2. The molecule has 1 unspecified atom stereocenters. The zero-order valence-corrected chi connectivity index (χ0v) is 13.9. The standard InChI is InChI=1S/C16H21N3OS/c1-10-8-14(12(3)21-10)11(2)18-13-6-7-17-15(9-13)16(20)19(4)5/h6-9,11H,1-5H3,(H,17,18). The molecule has 0 aliphatic carbocycles. The van der Waals surface area contributed by atoms with Crippen LogP contribution in [0.5, 0.6) is 0 Å². The summed E-state index contributed by atoms with van der Waals surface area (Å²) in [6, 6.07) is 6.09. The first kappa shape index (κ1) is 15.5. The highest BCUT2D eigenvalue weighted by molar-refractivity contribution is 7.12. The molecule has 0 bridgehead atoms. The lowest BCUT2D eigenvalue weighted by molar-refractivity contribution is 0.0822. The second-order valence-electron chi connectivity index (χ2n) is 5.36. The van der Waals surface area contributed by atoms with Gasteiger partial charge in [0.2, 0.25) is 0 Å². The van der Waals surface area contributed by atoms with Crippen molar-refractivity contribution in [3.63, 3.8) is 0 Å². The topological polar surface area (TPSA) is 45.2 Å². The Morgan fingerprint density at radius 1 is 1.33 bits per heavy atom. The number of anilines is 1. The highest BCUT2D eigenvalue weighted by Gasteiger charge is 2.13. The molecule has 2 aromatic rings. The predicted octanol–water partition coefficient (Wildman–Crippen LogP) is 3.63. The van der Waals surface area contributed by atoms with Crippen LogP contribution in [-0.2, 0) is 0 Å². The summed E-state index contributed by atoms with van der Waals surface area (Å²) in [4.78, 5) is 20.2. The Morgan fingerprint density at radius 3 is 2.62 bits per heavy atom. The molecule has 1 amide bonds. The molecule has 2 rings (SSSR count). The Morgan fingerprint density at radius 2 is 2.05 bits per heavy atom. The third kappa shape index (κ3) is 3.61. The van der Waals surface area contributed by atoms with Gasteiger partial charge >= 0.3 is 0 Å². The van der Waals surface area contributed by atoms with Crippen molar-refractivity contribution in [3.05, 3.63) is 45.4 Å². The summed E-state index contributed by atoms with van der Waals surface area (Å²) >= 11 is 1.81. The Labute approximate surface area is 129 Å². The molecule has 0 fully saturated rings. The number of hydrogen-bond acceptors (Lipinski definition) is 4. The van der Waals surface area contributed by atoms with Crippen LogP contribution in [0, 0.1) is 13.8 Å². The van der Waals surface area contributed by atoms with Crippen molar-refractivity contribution < 1.29 is 4.79 Å². The van der Waals surface area contributed by atoms with Gasteiger partial charge < -0.3 is 10.2 Å². The molecule has 0 saturated carbocycles. The van der Waals surface area contributed by atoms with Crippen LogP contribution in [0.1, 0.15) is 38.8 Å². The maximum absolute atomic E-state index is 11.9. The fraction of sp³-hybridized carbons (Fsp3) is 0.375. The SMILES string of the molecule is Cc1cc(C(C)Nc2ccnc(C(=O)N(C)C)c2)c(C)s1. The van der Waals surface area contributed by atoms with Gasteiger partial charge in [-0.2, -0.15) is 0 Å². The molecule has 112 valence electrons. The number of thiophene rings is 1. The van der Waals surface area contributed by atoms with E-state index < -0.39 is 0 Å². The van der Waals surface area contributed by atoms with E-state index in [1.54, 1.807) is 37.7 Å². The van der Waals surface area contributed by atoms with Crippen molar-refractivity contribution in [1.82, 2.24) is 9.88 Å². The summed E-state index contributed by atoms with van der Waals surface area (Å²) in [6.45, 7) is 6.38. The maximum Gasteiger partial charge on any atom is 0.272 e. The lowest BCUT2D eigenvalue weighted by atomic mass is 10.1. The smallest absolute Gasteiger partial charge is 0.272 e. The second kappa shape index (κ2) is 6.26. The fourth-order valence-corrected chi connectivity index (χ4v) is 3.30. The van der Waals surface area contributed by atoms with E-state index in [9.17, 15) is 4.79 Å². The van der Waals surface area contributed by atoms with E-state index in [0.29, 0.717) is 5.69 Å². The number of rotatable bonds is 4. The Balaban J connectivity index is 2.18. The fourth-order valence-electron chi connectivity index (χ4n) is 2.27. The lowest BCUT2D eigenvalue weighted by Gasteiger charge is -2.16. The van der Waals surface area contributed by atoms with Gasteiger partial charge in [0.05, 0.1) is 0 Å². The van der Waals surface area contributed by atoms with Crippen LogP contribution in [0.15, 0.2) is 24.4 Å². The number of amides is 1. The average molecular weight is 303 g/mol. The first-order valence-corrected chi connectivity index (χ1v) is 7.71. The molecule has 0 spiro atoms. The van der Waals surface area contributed by atoms with Crippen molar-refractivity contribution in [2.45, 2.75) is 26.8 Å². The number of pyridine rings is 1. The molecule has 0 aliphatic heterocycles. The third-order valence-electron chi connectivity index (χ3n) is 3.31. The van der Waals surface area contributed by atoms with Crippen molar-refractivity contribution in [2.75, 3.05) is 19.4 Å². The molecule has 0 aromatic carbocycles. The minimum absolute atomic E-state index is 0.0890. The summed E-state index contributed by atoms with van der Waals surface area (Å²) in [5, 5.41) is 3.44. The number of aromatic nitrogens is 1. The summed E-state index contributed by atoms with van der Waals surface area (Å²) < 4.78 is 0. The minimum atomic E-state index is -0.0890. The predicted molar refractivity (Wildman–Crippen MR) is 88.1 cm³/mol. The van der Waals surface area contributed by atoms with Gasteiger partial charge in [0.1, 0.15) is 5.69 Å². The quantitative estimate of drug-likeness (QED) is 0.938. The van der Waals surface area contributed by atoms with Gasteiger partial charge in [0, 0.05) is 41.8 Å². The number of hydrogen-bond donors (Lipinski definition) is 1. The summed E-state index contributed by atoms with van der Waals surface area (Å²) in [7, 11) is 3.45. The van der Waals surface area contributed by atoms with Gasteiger partial charge in [-0.15, -0.1) is 11.3 Å². The van der Waals surface area contributed by atoms with Gasteiger partial charge in [0.25, 0.3) is 5.91 Å². The average Bonchev–Trinajstić information content (AvgIpc) is 2.77. The molecule has 2 aromatic heterocycles. The zero-order chi connectivity index (χ0) is 15.6. The number of nitrogens with zero attached hydrogens (tertiary/aromatic N) is 2. The third-order valence-corrected chi connectivity index (χ3v) is 4.30. The van der Waals surface area contributed by atoms with Gasteiger partial charge in [-0.1, -0.05) is 0 Å². The van der Waals surface area contributed by atoms with Crippen molar-refractivity contribution >= 4 is 22.9 Å². The van der Waals surface area contributed by atoms with Crippen molar-refractivity contribution in [1.29, 1.82) is 0 Å². The highest BCUT2D eigenvalue weighted by Crippen LogP contribution is 2.28. The summed E-state index contributed by atoms with van der Waals surface area (Å²) in [5.74, 6) is -0.0890. The molecule has 4 nitrogen and oxygen atoms in total. The Kier molecular flexibility index (Phi) is 4.63. The van der Waals surface area contributed by atoms with Crippen LogP contribution in [0.2, 0.25) is 0 Å². The molecular weight excluding hydrogens is 282 g/mol. The van der Waals surface area contributed by atoms with Crippen molar-refractivity contribution in [2.24, 2.45) is 0 Å². The van der Waals surface area contributed by atoms with Crippen LogP contribution in [0.3, 0.4) is 0 Å². The van der Waals surface area contributed by atoms with Crippen molar-refractivity contribution in [3.8, 4) is 0 Å². The van der Waals surface area contributed by atoms with Crippen LogP contribution >= 0.6 is 11.3 Å². The van der Waals surface area contributed by atoms with Crippen LogP contribution in [0.4, 0.5) is 5.69 Å². The summed E-state index contributed by atoms with van der Waals surface area (Å²) in [6.07, 6.45) is 1.66. The van der Waals surface area contributed by atoms with Gasteiger partial charge in [0.15, 0.2) is 0 Å². The molecule has 0 radical (unpaired) electrons. The Bertz CT molecular complexity index is 649. The molecule has 1 N–H and O–H groups in total. The maximum atomic E-state index is 11.9. The van der Waals surface area contributed by atoms with E-state index in [0.717, 1.165) is 5.69 Å². The molecule has 1 atom stereocenters. The largest absolute Gasteiger partial charge is 0.378 e. The molecule has 5 heteroatoms. The monoisotopic (exact) mass is 303 g/mol. The number of carbonyl (C=O) groups is 1. The van der Waals surface area contributed by atoms with E-state index >= 15 is 0 Å². The lowest BCUT2D eigenvalue weighted by Crippen LogP contribution is -2.22. The second-order valence-corrected chi connectivity index (χ2v) is 6.82. The van der Waals surface area contributed by atoms with E-state index in [-0.39, 0.29) is 11.9 Å². The van der Waals surface area contributed by atoms with Gasteiger partial charge in [-0.3, -0.25) is 9.78 Å². The van der Waals surface area contributed by atoms with E-state index in [1.807, 2.05) is 6.07 Å². The van der Waals surface area contributed by atoms with Crippen LogP contribution < -0.4 is 5.32 Å². The van der Waals surface area contributed by atoms with Crippen LogP contribution in [-0.4, -0.2) is 29.9 Å². The number of nitrogens with one attached hydrogen (secondary N) is 1. The molecule has 21 heavy (non-hydrogen) atoms. The number of carbonyl (C=O) groups excluding carboxylic acids is 1. The van der Waals surface area contributed by atoms with E-state index in [4.69, 9.17) is 0 Å². The molecular formula is C16H21N3OS. The van der Waals surface area contributed by atoms with E-state index in [1.165, 1.54) is 20.2 Å². The normalized spacial score (nSPS) is 12.0.